The molecule has 1 unspecified atom stereocenters. The molecule has 5 aromatic rings. The summed E-state index contributed by atoms with van der Waals surface area (Å²) in [7, 11) is 0. The van der Waals surface area contributed by atoms with Gasteiger partial charge in [0.05, 0.1) is 22.9 Å². The van der Waals surface area contributed by atoms with Crippen LogP contribution in [0.25, 0.3) is 10.9 Å². The predicted molar refractivity (Wildman–Crippen MR) is 157 cm³/mol. The molecule has 6 rings (SSSR count). The van der Waals surface area contributed by atoms with E-state index in [-0.39, 0.29) is 6.04 Å². The second-order valence-electron chi connectivity index (χ2n) is 10.5. The van der Waals surface area contributed by atoms with Gasteiger partial charge < -0.3 is 5.32 Å². The van der Waals surface area contributed by atoms with Crippen molar-refractivity contribution in [3.63, 3.8) is 0 Å². The van der Waals surface area contributed by atoms with E-state index in [0.717, 1.165) is 50.2 Å². The van der Waals surface area contributed by atoms with Crippen LogP contribution in [0.1, 0.15) is 58.9 Å². The number of hydrogen-bond acceptors (Lipinski definition) is 5. The van der Waals surface area contributed by atoms with Crippen molar-refractivity contribution in [2.75, 3.05) is 0 Å². The van der Waals surface area contributed by atoms with Crippen LogP contribution in [0.5, 0.6) is 0 Å². The van der Waals surface area contributed by atoms with E-state index in [1.165, 1.54) is 46.2 Å². The maximum Gasteiger partial charge on any atom is 0.0702 e. The Kier molecular flexibility index (Phi) is 7.99. The number of rotatable bonds is 9. The fourth-order valence-corrected chi connectivity index (χ4v) is 5.66. The number of nitrogens with one attached hydrogen (secondary N) is 1. The molecule has 0 bridgehead atoms. The first-order valence-electron chi connectivity index (χ1n) is 14.0. The zero-order valence-corrected chi connectivity index (χ0v) is 22.3. The van der Waals surface area contributed by atoms with E-state index in [1.54, 1.807) is 0 Å². The van der Waals surface area contributed by atoms with E-state index >= 15 is 0 Å². The minimum absolute atomic E-state index is 0.287. The van der Waals surface area contributed by atoms with Crippen LogP contribution in [0.15, 0.2) is 104 Å². The minimum atomic E-state index is 0.287. The quantitative estimate of drug-likeness (QED) is 0.220. The SMILES string of the molecule is c1ccc(CNCc2ccc(CN(Cc3cnc4ccccc4c3)C3CCCCc4cccnc43)cc2)nc1. The molecule has 1 aliphatic rings. The van der Waals surface area contributed by atoms with Crippen LogP contribution in [-0.4, -0.2) is 19.9 Å². The normalized spacial score (nSPS) is 15.3. The highest BCUT2D eigenvalue weighted by molar-refractivity contribution is 5.78. The number of fused-ring (bicyclic) bond motifs is 2. The van der Waals surface area contributed by atoms with Crippen molar-refractivity contribution >= 4 is 10.9 Å². The van der Waals surface area contributed by atoms with Crippen molar-refractivity contribution < 1.29 is 0 Å². The maximum atomic E-state index is 4.92. The highest BCUT2D eigenvalue weighted by Crippen LogP contribution is 2.34. The molecule has 3 heterocycles. The fraction of sp³-hybridized carbons (Fsp3) is 0.265. The maximum absolute atomic E-state index is 4.92. The lowest BCUT2D eigenvalue weighted by Gasteiger charge is -2.32. The van der Waals surface area contributed by atoms with Gasteiger partial charge in [0.2, 0.25) is 0 Å². The summed E-state index contributed by atoms with van der Waals surface area (Å²) in [6.45, 7) is 3.30. The summed E-state index contributed by atoms with van der Waals surface area (Å²) in [5.74, 6) is 0. The summed E-state index contributed by atoms with van der Waals surface area (Å²) in [5, 5.41) is 4.70. The van der Waals surface area contributed by atoms with Gasteiger partial charge in [0.1, 0.15) is 0 Å². The van der Waals surface area contributed by atoms with Gasteiger partial charge in [-0.1, -0.05) is 61.0 Å². The topological polar surface area (TPSA) is 53.9 Å². The molecular weight excluding hydrogens is 478 g/mol. The van der Waals surface area contributed by atoms with Crippen LogP contribution in [0.3, 0.4) is 0 Å². The molecule has 39 heavy (non-hydrogen) atoms. The van der Waals surface area contributed by atoms with E-state index in [4.69, 9.17) is 9.97 Å². The molecule has 0 amide bonds. The van der Waals surface area contributed by atoms with Crippen LogP contribution in [0.4, 0.5) is 0 Å². The van der Waals surface area contributed by atoms with Crippen molar-refractivity contribution in [3.05, 3.63) is 137 Å². The Hall–Kier alpha value is -3.93. The Labute approximate surface area is 231 Å². The molecule has 5 nitrogen and oxygen atoms in total. The Bertz CT molecular complexity index is 1500. The zero-order chi connectivity index (χ0) is 26.3. The molecule has 1 N–H and O–H groups in total. The number of hydrogen-bond donors (Lipinski definition) is 1. The average Bonchev–Trinajstić information content (AvgIpc) is 3.21. The van der Waals surface area contributed by atoms with Gasteiger partial charge in [0, 0.05) is 50.2 Å². The molecular formula is C34H35N5. The zero-order valence-electron chi connectivity index (χ0n) is 22.3. The Morgan fingerprint density at radius 3 is 2.44 bits per heavy atom. The number of benzene rings is 2. The van der Waals surface area contributed by atoms with Crippen molar-refractivity contribution in [2.45, 2.75) is 57.9 Å². The summed E-state index contributed by atoms with van der Waals surface area (Å²) >= 11 is 0. The summed E-state index contributed by atoms with van der Waals surface area (Å²) in [6, 6.07) is 30.4. The monoisotopic (exact) mass is 513 g/mol. The molecule has 0 spiro atoms. The molecule has 0 saturated heterocycles. The summed E-state index contributed by atoms with van der Waals surface area (Å²) in [4.78, 5) is 16.7. The molecule has 196 valence electrons. The van der Waals surface area contributed by atoms with Crippen molar-refractivity contribution in [3.8, 4) is 0 Å². The van der Waals surface area contributed by atoms with Gasteiger partial charge in [-0.3, -0.25) is 19.9 Å². The predicted octanol–water partition coefficient (Wildman–Crippen LogP) is 6.78. The number of aromatic nitrogens is 3. The van der Waals surface area contributed by atoms with Gasteiger partial charge in [-0.05, 0) is 71.8 Å². The minimum Gasteiger partial charge on any atom is -0.307 e. The fourth-order valence-electron chi connectivity index (χ4n) is 5.66. The Morgan fingerprint density at radius 1 is 0.718 bits per heavy atom. The number of nitrogens with zero attached hydrogens (tertiary/aromatic N) is 4. The lowest BCUT2D eigenvalue weighted by Crippen LogP contribution is -2.29. The molecule has 1 aliphatic carbocycles. The van der Waals surface area contributed by atoms with Gasteiger partial charge in [-0.25, -0.2) is 0 Å². The highest BCUT2D eigenvalue weighted by atomic mass is 15.2. The van der Waals surface area contributed by atoms with Gasteiger partial charge in [0.15, 0.2) is 0 Å². The molecule has 0 saturated carbocycles. The molecule has 1 atom stereocenters. The third-order valence-electron chi connectivity index (χ3n) is 7.66. The van der Waals surface area contributed by atoms with Gasteiger partial charge in [-0.2, -0.15) is 0 Å². The molecule has 0 aliphatic heterocycles. The number of para-hydroxylation sites is 1. The Morgan fingerprint density at radius 2 is 1.54 bits per heavy atom. The van der Waals surface area contributed by atoms with E-state index in [9.17, 15) is 0 Å². The van der Waals surface area contributed by atoms with E-state index in [0.29, 0.717) is 0 Å². The van der Waals surface area contributed by atoms with Crippen LogP contribution >= 0.6 is 0 Å². The van der Waals surface area contributed by atoms with E-state index < -0.39 is 0 Å². The van der Waals surface area contributed by atoms with Crippen LogP contribution in [0.2, 0.25) is 0 Å². The molecule has 0 radical (unpaired) electrons. The average molecular weight is 514 g/mol. The molecule has 2 aromatic carbocycles. The first kappa shape index (κ1) is 25.4. The van der Waals surface area contributed by atoms with Crippen molar-refractivity contribution in [2.24, 2.45) is 0 Å². The molecule has 0 fully saturated rings. The van der Waals surface area contributed by atoms with Crippen LogP contribution < -0.4 is 5.32 Å². The van der Waals surface area contributed by atoms with Crippen molar-refractivity contribution in [1.29, 1.82) is 0 Å². The van der Waals surface area contributed by atoms with Crippen LogP contribution in [0, 0.1) is 0 Å². The lowest BCUT2D eigenvalue weighted by molar-refractivity contribution is 0.165. The first-order valence-corrected chi connectivity index (χ1v) is 14.0. The molecule has 3 aromatic heterocycles. The Balaban J connectivity index is 1.22. The smallest absolute Gasteiger partial charge is 0.0702 e. The standard InChI is InChI=1S/C34H35N5/c1-3-12-32-30(9-1)20-28(22-38-32)25-39(33-13-4-2-8-29-10-7-19-37-34(29)33)24-27-16-14-26(15-17-27)21-35-23-31-11-5-6-18-36-31/h1,3,5-7,9-12,14-20,22,33,35H,2,4,8,13,21,23-25H2. The summed E-state index contributed by atoms with van der Waals surface area (Å²) in [5.41, 5.74) is 8.59. The highest BCUT2D eigenvalue weighted by Gasteiger charge is 2.26. The summed E-state index contributed by atoms with van der Waals surface area (Å²) in [6.07, 6.45) is 10.5. The third kappa shape index (κ3) is 6.39. The third-order valence-corrected chi connectivity index (χ3v) is 7.66. The summed E-state index contributed by atoms with van der Waals surface area (Å²) < 4.78 is 0. The molecule has 5 heteroatoms. The van der Waals surface area contributed by atoms with E-state index in [2.05, 4.69) is 81.9 Å². The largest absolute Gasteiger partial charge is 0.307 e. The van der Waals surface area contributed by atoms with Gasteiger partial charge >= 0.3 is 0 Å². The van der Waals surface area contributed by atoms with Crippen molar-refractivity contribution in [1.82, 2.24) is 25.2 Å². The number of aryl methyl sites for hydroxylation is 1. The van der Waals surface area contributed by atoms with Crippen LogP contribution in [-0.2, 0) is 32.6 Å². The second kappa shape index (κ2) is 12.3. The first-order chi connectivity index (χ1) is 19.3. The van der Waals surface area contributed by atoms with Gasteiger partial charge in [0.25, 0.3) is 0 Å². The second-order valence-corrected chi connectivity index (χ2v) is 10.5. The lowest BCUT2D eigenvalue weighted by atomic mass is 10.0. The number of pyridine rings is 3. The van der Waals surface area contributed by atoms with Gasteiger partial charge in [-0.15, -0.1) is 0 Å². The van der Waals surface area contributed by atoms with E-state index in [1.807, 2.05) is 36.8 Å².